The summed E-state index contributed by atoms with van der Waals surface area (Å²) >= 11 is 1.71. The van der Waals surface area contributed by atoms with E-state index in [1.165, 1.54) is 30.7 Å². The number of aromatic nitrogens is 1. The van der Waals surface area contributed by atoms with Gasteiger partial charge in [0.15, 0.2) is 0 Å². The Hall–Kier alpha value is -0.570. The van der Waals surface area contributed by atoms with Crippen molar-refractivity contribution in [2.24, 2.45) is 0 Å². The minimum absolute atomic E-state index is 0.692. The minimum Gasteiger partial charge on any atom is -0.383 e. The lowest BCUT2D eigenvalue weighted by molar-refractivity contribution is 0.717. The zero-order chi connectivity index (χ0) is 7.68. The Morgan fingerprint density at radius 2 is 2.18 bits per heavy atom. The fraction of sp³-hybridized carbons (Fsp3) is 0.625. The monoisotopic (exact) mass is 168 g/mol. The Labute approximate surface area is 70.5 Å². The highest BCUT2D eigenvalue weighted by Gasteiger charge is 2.19. The first-order chi connectivity index (χ1) is 5.36. The fourth-order valence-corrected chi connectivity index (χ4v) is 2.54. The SMILES string of the molecule is Nc1csc(C2CCCC2)n1. The highest BCUT2D eigenvalue weighted by Crippen LogP contribution is 2.35. The highest BCUT2D eigenvalue weighted by molar-refractivity contribution is 7.10. The Morgan fingerprint density at radius 3 is 2.73 bits per heavy atom. The van der Waals surface area contributed by atoms with Gasteiger partial charge in [-0.2, -0.15) is 0 Å². The van der Waals surface area contributed by atoms with Crippen molar-refractivity contribution in [2.45, 2.75) is 31.6 Å². The normalized spacial score (nSPS) is 19.3. The number of hydrogen-bond donors (Lipinski definition) is 1. The van der Waals surface area contributed by atoms with Crippen LogP contribution in [0.15, 0.2) is 5.38 Å². The molecule has 1 aromatic rings. The van der Waals surface area contributed by atoms with Crippen molar-refractivity contribution >= 4 is 17.2 Å². The molecule has 0 bridgehead atoms. The van der Waals surface area contributed by atoms with Crippen LogP contribution in [0.2, 0.25) is 0 Å². The molecule has 2 nitrogen and oxygen atoms in total. The smallest absolute Gasteiger partial charge is 0.134 e. The van der Waals surface area contributed by atoms with E-state index < -0.39 is 0 Å². The Kier molecular flexibility index (Phi) is 1.82. The number of nitrogens with two attached hydrogens (primary N) is 1. The molecular weight excluding hydrogens is 156 g/mol. The van der Waals surface area contributed by atoms with E-state index in [0.29, 0.717) is 5.82 Å². The van der Waals surface area contributed by atoms with E-state index >= 15 is 0 Å². The Bertz CT molecular complexity index is 238. The van der Waals surface area contributed by atoms with E-state index in [1.54, 1.807) is 11.3 Å². The molecule has 1 aromatic heterocycles. The van der Waals surface area contributed by atoms with Gasteiger partial charge in [-0.1, -0.05) is 12.8 Å². The molecule has 1 fully saturated rings. The largest absolute Gasteiger partial charge is 0.383 e. The second-order valence-corrected chi connectivity index (χ2v) is 3.98. The predicted octanol–water partition coefficient (Wildman–Crippen LogP) is 2.38. The van der Waals surface area contributed by atoms with E-state index in [2.05, 4.69) is 4.98 Å². The molecule has 1 aliphatic rings. The van der Waals surface area contributed by atoms with Crippen molar-refractivity contribution in [3.8, 4) is 0 Å². The van der Waals surface area contributed by atoms with Crippen molar-refractivity contribution in [3.63, 3.8) is 0 Å². The summed E-state index contributed by atoms with van der Waals surface area (Å²) in [5.41, 5.74) is 5.55. The third-order valence-corrected chi connectivity index (χ3v) is 3.27. The zero-order valence-corrected chi connectivity index (χ0v) is 7.23. The molecule has 3 heteroatoms. The molecule has 0 atom stereocenters. The summed E-state index contributed by atoms with van der Waals surface area (Å²) in [4.78, 5) is 4.29. The summed E-state index contributed by atoms with van der Waals surface area (Å²) in [7, 11) is 0. The molecule has 11 heavy (non-hydrogen) atoms. The van der Waals surface area contributed by atoms with Crippen molar-refractivity contribution in [1.29, 1.82) is 0 Å². The lowest BCUT2D eigenvalue weighted by Gasteiger charge is -2.01. The topological polar surface area (TPSA) is 38.9 Å². The lowest BCUT2D eigenvalue weighted by atomic mass is 10.1. The summed E-state index contributed by atoms with van der Waals surface area (Å²) in [5.74, 6) is 1.41. The van der Waals surface area contributed by atoms with Gasteiger partial charge in [-0.15, -0.1) is 11.3 Å². The molecule has 1 saturated carbocycles. The van der Waals surface area contributed by atoms with Crippen LogP contribution in [0, 0.1) is 0 Å². The zero-order valence-electron chi connectivity index (χ0n) is 6.42. The van der Waals surface area contributed by atoms with Crippen molar-refractivity contribution < 1.29 is 0 Å². The van der Waals surface area contributed by atoms with Gasteiger partial charge in [0, 0.05) is 11.3 Å². The first kappa shape index (κ1) is 7.10. The minimum atomic E-state index is 0.692. The van der Waals surface area contributed by atoms with Crippen LogP contribution < -0.4 is 5.73 Å². The molecule has 0 spiro atoms. The van der Waals surface area contributed by atoms with Gasteiger partial charge >= 0.3 is 0 Å². The van der Waals surface area contributed by atoms with E-state index in [0.717, 1.165) is 5.92 Å². The number of nitrogens with zero attached hydrogens (tertiary/aromatic N) is 1. The van der Waals surface area contributed by atoms with Gasteiger partial charge in [-0.3, -0.25) is 0 Å². The van der Waals surface area contributed by atoms with Crippen LogP contribution in [0.4, 0.5) is 5.82 Å². The molecule has 0 radical (unpaired) electrons. The number of hydrogen-bond acceptors (Lipinski definition) is 3. The quantitative estimate of drug-likeness (QED) is 0.699. The number of nitrogen functional groups attached to an aromatic ring is 1. The highest BCUT2D eigenvalue weighted by atomic mass is 32.1. The maximum Gasteiger partial charge on any atom is 0.134 e. The molecule has 0 aromatic carbocycles. The average molecular weight is 168 g/mol. The van der Waals surface area contributed by atoms with E-state index in [9.17, 15) is 0 Å². The summed E-state index contributed by atoms with van der Waals surface area (Å²) in [5, 5.41) is 3.19. The third kappa shape index (κ3) is 1.38. The standard InChI is InChI=1S/C8H12N2S/c9-7-5-11-8(10-7)6-3-1-2-4-6/h5-6H,1-4,9H2. The second kappa shape index (κ2) is 2.81. The molecular formula is C8H12N2S. The van der Waals surface area contributed by atoms with Gasteiger partial charge in [0.25, 0.3) is 0 Å². The maximum atomic E-state index is 5.55. The second-order valence-electron chi connectivity index (χ2n) is 3.09. The van der Waals surface area contributed by atoms with Crippen molar-refractivity contribution in [3.05, 3.63) is 10.4 Å². The van der Waals surface area contributed by atoms with Crippen LogP contribution in [-0.4, -0.2) is 4.98 Å². The predicted molar refractivity (Wildman–Crippen MR) is 47.7 cm³/mol. The Balaban J connectivity index is 2.15. The van der Waals surface area contributed by atoms with Gasteiger partial charge in [0.1, 0.15) is 5.82 Å². The molecule has 60 valence electrons. The van der Waals surface area contributed by atoms with Gasteiger partial charge in [-0.25, -0.2) is 4.98 Å². The third-order valence-electron chi connectivity index (χ3n) is 2.24. The van der Waals surface area contributed by atoms with Crippen LogP contribution in [0.5, 0.6) is 0 Å². The molecule has 0 aliphatic heterocycles. The summed E-state index contributed by atoms with van der Waals surface area (Å²) in [6, 6.07) is 0. The Morgan fingerprint density at radius 1 is 1.45 bits per heavy atom. The number of anilines is 1. The molecule has 0 saturated heterocycles. The van der Waals surface area contributed by atoms with E-state index in [1.807, 2.05) is 5.38 Å². The van der Waals surface area contributed by atoms with Crippen molar-refractivity contribution in [2.75, 3.05) is 5.73 Å². The van der Waals surface area contributed by atoms with Gasteiger partial charge in [0.2, 0.25) is 0 Å². The van der Waals surface area contributed by atoms with Crippen LogP contribution in [0.3, 0.4) is 0 Å². The van der Waals surface area contributed by atoms with Crippen LogP contribution in [0.25, 0.3) is 0 Å². The van der Waals surface area contributed by atoms with E-state index in [4.69, 9.17) is 5.73 Å². The average Bonchev–Trinajstić information content (AvgIpc) is 2.55. The van der Waals surface area contributed by atoms with Gasteiger partial charge < -0.3 is 5.73 Å². The van der Waals surface area contributed by atoms with Crippen LogP contribution in [0.1, 0.15) is 36.6 Å². The van der Waals surface area contributed by atoms with Gasteiger partial charge in [0.05, 0.1) is 5.01 Å². The first-order valence-corrected chi connectivity index (χ1v) is 4.95. The summed E-state index contributed by atoms with van der Waals surface area (Å²) in [6.07, 6.45) is 5.36. The first-order valence-electron chi connectivity index (χ1n) is 4.07. The molecule has 1 heterocycles. The fourth-order valence-electron chi connectivity index (χ4n) is 1.66. The summed E-state index contributed by atoms with van der Waals surface area (Å²) < 4.78 is 0. The molecule has 0 unspecified atom stereocenters. The number of rotatable bonds is 1. The molecule has 0 amide bonds. The summed E-state index contributed by atoms with van der Waals surface area (Å²) in [6.45, 7) is 0. The molecule has 2 N–H and O–H groups in total. The maximum absolute atomic E-state index is 5.55. The van der Waals surface area contributed by atoms with Gasteiger partial charge in [-0.05, 0) is 12.8 Å². The number of thiazole rings is 1. The van der Waals surface area contributed by atoms with Crippen LogP contribution in [-0.2, 0) is 0 Å². The van der Waals surface area contributed by atoms with Crippen LogP contribution >= 0.6 is 11.3 Å². The molecule has 2 rings (SSSR count). The lowest BCUT2D eigenvalue weighted by Crippen LogP contribution is -1.91. The molecule has 1 aliphatic carbocycles. The van der Waals surface area contributed by atoms with Crippen molar-refractivity contribution in [1.82, 2.24) is 4.98 Å². The van der Waals surface area contributed by atoms with E-state index in [-0.39, 0.29) is 0 Å².